The van der Waals surface area contributed by atoms with Crippen molar-refractivity contribution in [1.82, 2.24) is 0 Å². The SMILES string of the molecule is Cc1ccccc1NS(=O)(=O)c1ccc(NC(=O)CCc2ccc(C(C)C)cc2)cc1. The predicted molar refractivity (Wildman–Crippen MR) is 126 cm³/mol. The minimum atomic E-state index is -3.70. The summed E-state index contributed by atoms with van der Waals surface area (Å²) in [6, 6.07) is 21.7. The van der Waals surface area contributed by atoms with Crippen LogP contribution in [0.2, 0.25) is 0 Å². The molecule has 0 radical (unpaired) electrons. The number of amides is 1. The Morgan fingerprint density at radius 2 is 1.55 bits per heavy atom. The maximum absolute atomic E-state index is 12.6. The van der Waals surface area contributed by atoms with Crippen molar-refractivity contribution < 1.29 is 13.2 Å². The van der Waals surface area contributed by atoms with Crippen LogP contribution in [0.5, 0.6) is 0 Å². The second kappa shape index (κ2) is 9.79. The number of anilines is 2. The highest BCUT2D eigenvalue weighted by atomic mass is 32.2. The van der Waals surface area contributed by atoms with Gasteiger partial charge in [0.05, 0.1) is 10.6 Å². The number of nitrogens with one attached hydrogen (secondary N) is 2. The molecule has 0 bridgehead atoms. The van der Waals surface area contributed by atoms with Gasteiger partial charge in [-0.05, 0) is 66.3 Å². The fourth-order valence-corrected chi connectivity index (χ4v) is 4.29. The summed E-state index contributed by atoms with van der Waals surface area (Å²) < 4.78 is 27.8. The van der Waals surface area contributed by atoms with Crippen LogP contribution in [-0.2, 0) is 21.2 Å². The lowest BCUT2D eigenvalue weighted by Gasteiger charge is -2.11. The fourth-order valence-electron chi connectivity index (χ4n) is 3.16. The average Bonchev–Trinajstić information content (AvgIpc) is 2.74. The summed E-state index contributed by atoms with van der Waals surface area (Å²) in [5, 5.41) is 2.83. The van der Waals surface area contributed by atoms with Crippen molar-refractivity contribution in [3.8, 4) is 0 Å². The Hall–Kier alpha value is -3.12. The van der Waals surface area contributed by atoms with Crippen LogP contribution in [0.25, 0.3) is 0 Å². The Morgan fingerprint density at radius 1 is 0.903 bits per heavy atom. The maximum Gasteiger partial charge on any atom is 0.261 e. The van der Waals surface area contributed by atoms with Gasteiger partial charge in [0.2, 0.25) is 5.91 Å². The first kappa shape index (κ1) is 22.6. The lowest BCUT2D eigenvalue weighted by atomic mass is 10.0. The standard InChI is InChI=1S/C25H28N2O3S/c1-18(2)21-11-8-20(9-12-21)10-17-25(28)26-22-13-15-23(16-14-22)31(29,30)27-24-7-5-4-6-19(24)3/h4-9,11-16,18,27H,10,17H2,1-3H3,(H,26,28). The second-order valence-corrected chi connectivity index (χ2v) is 9.57. The van der Waals surface area contributed by atoms with Crippen molar-refractivity contribution in [1.29, 1.82) is 0 Å². The zero-order valence-corrected chi connectivity index (χ0v) is 18.9. The first-order chi connectivity index (χ1) is 14.7. The minimum Gasteiger partial charge on any atom is -0.326 e. The quantitative estimate of drug-likeness (QED) is 0.490. The molecule has 0 aliphatic heterocycles. The Balaban J connectivity index is 1.57. The molecule has 1 amide bonds. The smallest absolute Gasteiger partial charge is 0.261 e. The molecule has 0 saturated heterocycles. The molecule has 3 aromatic carbocycles. The molecule has 0 fully saturated rings. The van der Waals surface area contributed by atoms with E-state index in [4.69, 9.17) is 0 Å². The van der Waals surface area contributed by atoms with E-state index in [0.29, 0.717) is 30.1 Å². The maximum atomic E-state index is 12.6. The van der Waals surface area contributed by atoms with Crippen LogP contribution < -0.4 is 10.0 Å². The van der Waals surface area contributed by atoms with Crippen molar-refractivity contribution in [3.05, 3.63) is 89.5 Å². The Kier molecular flexibility index (Phi) is 7.13. The van der Waals surface area contributed by atoms with Crippen LogP contribution in [-0.4, -0.2) is 14.3 Å². The summed E-state index contributed by atoms with van der Waals surface area (Å²) in [5.41, 5.74) is 4.34. The molecule has 162 valence electrons. The summed E-state index contributed by atoms with van der Waals surface area (Å²) in [5.74, 6) is 0.373. The molecular weight excluding hydrogens is 408 g/mol. The van der Waals surface area contributed by atoms with E-state index in [1.54, 1.807) is 24.3 Å². The van der Waals surface area contributed by atoms with E-state index in [9.17, 15) is 13.2 Å². The highest BCUT2D eigenvalue weighted by Gasteiger charge is 2.15. The molecule has 2 N–H and O–H groups in total. The molecule has 5 nitrogen and oxygen atoms in total. The largest absolute Gasteiger partial charge is 0.326 e. The number of sulfonamides is 1. The van der Waals surface area contributed by atoms with Gasteiger partial charge in [0, 0.05) is 12.1 Å². The zero-order valence-electron chi connectivity index (χ0n) is 18.1. The van der Waals surface area contributed by atoms with E-state index in [1.807, 2.05) is 19.1 Å². The predicted octanol–water partition coefficient (Wildman–Crippen LogP) is 5.49. The second-order valence-electron chi connectivity index (χ2n) is 7.89. The molecular formula is C25H28N2O3S. The summed E-state index contributed by atoms with van der Waals surface area (Å²) >= 11 is 0. The van der Waals surface area contributed by atoms with Gasteiger partial charge >= 0.3 is 0 Å². The number of carbonyl (C=O) groups is 1. The van der Waals surface area contributed by atoms with E-state index in [0.717, 1.165) is 11.1 Å². The number of rotatable bonds is 8. The van der Waals surface area contributed by atoms with Crippen LogP contribution in [0.3, 0.4) is 0 Å². The van der Waals surface area contributed by atoms with Crippen molar-refractivity contribution in [3.63, 3.8) is 0 Å². The van der Waals surface area contributed by atoms with Crippen molar-refractivity contribution in [2.24, 2.45) is 0 Å². The van der Waals surface area contributed by atoms with Crippen molar-refractivity contribution in [2.75, 3.05) is 10.0 Å². The number of hydrogen-bond acceptors (Lipinski definition) is 3. The van der Waals surface area contributed by atoms with Crippen molar-refractivity contribution in [2.45, 2.75) is 44.4 Å². The molecule has 3 aromatic rings. The number of aryl methyl sites for hydroxylation is 2. The highest BCUT2D eigenvalue weighted by Crippen LogP contribution is 2.21. The first-order valence-corrected chi connectivity index (χ1v) is 11.8. The molecule has 0 spiro atoms. The summed E-state index contributed by atoms with van der Waals surface area (Å²) in [7, 11) is -3.70. The zero-order chi connectivity index (χ0) is 22.4. The lowest BCUT2D eigenvalue weighted by molar-refractivity contribution is -0.116. The van der Waals surface area contributed by atoms with Gasteiger partial charge in [0.1, 0.15) is 0 Å². The van der Waals surface area contributed by atoms with Crippen LogP contribution in [0, 0.1) is 6.92 Å². The molecule has 0 unspecified atom stereocenters. The average molecular weight is 437 g/mol. The van der Waals surface area contributed by atoms with E-state index in [1.165, 1.54) is 17.7 Å². The normalized spacial score (nSPS) is 11.4. The summed E-state index contributed by atoms with van der Waals surface area (Å²) in [4.78, 5) is 12.4. The van der Waals surface area contributed by atoms with E-state index >= 15 is 0 Å². The van der Waals surface area contributed by atoms with Gasteiger partial charge in [0.25, 0.3) is 10.0 Å². The first-order valence-electron chi connectivity index (χ1n) is 10.3. The number of carbonyl (C=O) groups excluding carboxylic acids is 1. The third-order valence-corrected chi connectivity index (χ3v) is 6.51. The topological polar surface area (TPSA) is 75.3 Å². The molecule has 0 heterocycles. The molecule has 3 rings (SSSR count). The van der Waals surface area contributed by atoms with Gasteiger partial charge in [-0.15, -0.1) is 0 Å². The minimum absolute atomic E-state index is 0.110. The van der Waals surface area contributed by atoms with E-state index < -0.39 is 10.0 Å². The van der Waals surface area contributed by atoms with Crippen LogP contribution in [0.1, 0.15) is 42.9 Å². The highest BCUT2D eigenvalue weighted by molar-refractivity contribution is 7.92. The Labute approximate surface area is 184 Å². The molecule has 0 aromatic heterocycles. The number of para-hydroxylation sites is 1. The van der Waals surface area contributed by atoms with Crippen molar-refractivity contribution >= 4 is 27.3 Å². The molecule has 31 heavy (non-hydrogen) atoms. The van der Waals surface area contributed by atoms with Crippen LogP contribution >= 0.6 is 0 Å². The van der Waals surface area contributed by atoms with Gasteiger partial charge in [-0.25, -0.2) is 8.42 Å². The van der Waals surface area contributed by atoms with Gasteiger partial charge in [-0.2, -0.15) is 0 Å². The molecule has 6 heteroatoms. The van der Waals surface area contributed by atoms with E-state index in [2.05, 4.69) is 48.2 Å². The third kappa shape index (κ3) is 6.18. The summed E-state index contributed by atoms with van der Waals surface area (Å²) in [6.45, 7) is 6.14. The van der Waals surface area contributed by atoms with Crippen LogP contribution in [0.4, 0.5) is 11.4 Å². The monoisotopic (exact) mass is 436 g/mol. The molecule has 0 aliphatic carbocycles. The molecule has 0 aliphatic rings. The van der Waals surface area contributed by atoms with Crippen LogP contribution in [0.15, 0.2) is 77.7 Å². The number of benzene rings is 3. The van der Waals surface area contributed by atoms with Gasteiger partial charge in [-0.3, -0.25) is 9.52 Å². The number of hydrogen-bond donors (Lipinski definition) is 2. The summed E-state index contributed by atoms with van der Waals surface area (Å²) in [6.07, 6.45) is 1.01. The lowest BCUT2D eigenvalue weighted by Crippen LogP contribution is -2.15. The van der Waals surface area contributed by atoms with E-state index in [-0.39, 0.29) is 10.8 Å². The molecule has 0 saturated carbocycles. The fraction of sp³-hybridized carbons (Fsp3) is 0.240. The molecule has 0 atom stereocenters. The Morgan fingerprint density at radius 3 is 2.16 bits per heavy atom. The third-order valence-electron chi connectivity index (χ3n) is 5.12. The van der Waals surface area contributed by atoms with Gasteiger partial charge < -0.3 is 5.32 Å². The Bertz CT molecular complexity index is 1140. The van der Waals surface area contributed by atoms with Gasteiger partial charge in [0.15, 0.2) is 0 Å². The van der Waals surface area contributed by atoms with Gasteiger partial charge in [-0.1, -0.05) is 56.3 Å².